The number of nitriles is 1. The summed E-state index contributed by atoms with van der Waals surface area (Å²) in [5, 5.41) is 10.3. The number of unbranched alkanes of at least 4 members (excludes halogenated alkanes) is 2. The molecule has 0 aliphatic heterocycles. The van der Waals surface area contributed by atoms with E-state index < -0.39 is 0 Å². The lowest BCUT2D eigenvalue weighted by atomic mass is 9.99. The summed E-state index contributed by atoms with van der Waals surface area (Å²) < 4.78 is 0. The van der Waals surface area contributed by atoms with E-state index in [2.05, 4.69) is 37.0 Å². The maximum absolute atomic E-state index is 9.06. The Morgan fingerprint density at radius 3 is 2.76 bits per heavy atom. The topological polar surface area (TPSA) is 39.6 Å². The van der Waals surface area contributed by atoms with Gasteiger partial charge < -0.3 is 4.98 Å². The highest BCUT2D eigenvalue weighted by molar-refractivity contribution is 5.84. The molecular formula is C19H26N2. The molecule has 0 saturated heterocycles. The van der Waals surface area contributed by atoms with Crippen molar-refractivity contribution in [1.29, 1.82) is 5.26 Å². The number of para-hydroxylation sites is 1. The van der Waals surface area contributed by atoms with Gasteiger partial charge in [-0.3, -0.25) is 0 Å². The van der Waals surface area contributed by atoms with Crippen LogP contribution < -0.4 is 0 Å². The van der Waals surface area contributed by atoms with Crippen molar-refractivity contribution >= 4 is 10.9 Å². The first-order valence-corrected chi connectivity index (χ1v) is 8.21. The number of fused-ring (bicyclic) bond motifs is 1. The molecule has 1 aromatic carbocycles. The number of aromatic nitrogens is 1. The first kappa shape index (κ1) is 15.6. The van der Waals surface area contributed by atoms with Crippen molar-refractivity contribution in [3.8, 4) is 6.07 Å². The first-order valence-electron chi connectivity index (χ1n) is 8.21. The minimum absolute atomic E-state index is 0.506. The van der Waals surface area contributed by atoms with Gasteiger partial charge in [-0.25, -0.2) is 0 Å². The molecule has 0 spiro atoms. The fourth-order valence-electron chi connectivity index (χ4n) is 2.93. The molecule has 1 aromatic heterocycles. The zero-order valence-corrected chi connectivity index (χ0v) is 13.3. The fraction of sp³-hybridized carbons (Fsp3) is 0.526. The number of hydrogen-bond donors (Lipinski definition) is 1. The van der Waals surface area contributed by atoms with Crippen LogP contribution >= 0.6 is 0 Å². The van der Waals surface area contributed by atoms with Gasteiger partial charge in [0.2, 0.25) is 0 Å². The quantitative estimate of drug-likeness (QED) is 0.648. The van der Waals surface area contributed by atoms with Gasteiger partial charge in [0.25, 0.3) is 0 Å². The van der Waals surface area contributed by atoms with Gasteiger partial charge in [-0.15, -0.1) is 0 Å². The van der Waals surface area contributed by atoms with Crippen molar-refractivity contribution in [2.75, 3.05) is 0 Å². The molecule has 2 nitrogen and oxygen atoms in total. The fourth-order valence-corrected chi connectivity index (χ4v) is 2.93. The number of aryl methyl sites for hydroxylation is 1. The van der Waals surface area contributed by atoms with Crippen molar-refractivity contribution in [3.05, 3.63) is 35.5 Å². The van der Waals surface area contributed by atoms with Crippen molar-refractivity contribution in [2.45, 2.75) is 58.8 Å². The van der Waals surface area contributed by atoms with Crippen LogP contribution in [0.25, 0.3) is 10.9 Å². The van der Waals surface area contributed by atoms with Crippen LogP contribution in [0, 0.1) is 17.2 Å². The summed E-state index contributed by atoms with van der Waals surface area (Å²) in [5.41, 5.74) is 3.63. The third kappa shape index (κ3) is 4.11. The lowest BCUT2D eigenvalue weighted by Gasteiger charge is -2.07. The Kier molecular flexibility index (Phi) is 5.87. The molecule has 0 unspecified atom stereocenters. The van der Waals surface area contributed by atoms with E-state index in [4.69, 9.17) is 5.26 Å². The number of benzene rings is 1. The first-order chi connectivity index (χ1) is 10.3. The van der Waals surface area contributed by atoms with Gasteiger partial charge in [0.1, 0.15) is 0 Å². The summed E-state index contributed by atoms with van der Waals surface area (Å²) in [6.07, 6.45) is 8.01. The summed E-state index contributed by atoms with van der Waals surface area (Å²) in [6.45, 7) is 4.60. The van der Waals surface area contributed by atoms with Crippen LogP contribution in [0.4, 0.5) is 0 Å². The van der Waals surface area contributed by atoms with E-state index >= 15 is 0 Å². The molecule has 1 atom stereocenters. The molecule has 0 bridgehead atoms. The average Bonchev–Trinajstić information content (AvgIpc) is 2.85. The van der Waals surface area contributed by atoms with Crippen LogP contribution in [0.5, 0.6) is 0 Å². The highest BCUT2D eigenvalue weighted by Gasteiger charge is 2.10. The van der Waals surface area contributed by atoms with Crippen molar-refractivity contribution < 1.29 is 0 Å². The SMILES string of the molecule is CC[C@H](C)CCCCCc1[nH]c2ccccc2c1CC#N. The number of nitrogens with zero attached hydrogens (tertiary/aromatic N) is 1. The molecule has 2 aromatic rings. The van der Waals surface area contributed by atoms with Gasteiger partial charge in [0.15, 0.2) is 0 Å². The molecule has 0 fully saturated rings. The lowest BCUT2D eigenvalue weighted by molar-refractivity contribution is 0.478. The zero-order valence-electron chi connectivity index (χ0n) is 13.3. The van der Waals surface area contributed by atoms with Crippen LogP contribution in [0.2, 0.25) is 0 Å². The number of nitrogens with one attached hydrogen (secondary N) is 1. The Hall–Kier alpha value is -1.75. The van der Waals surface area contributed by atoms with E-state index in [1.807, 2.05) is 12.1 Å². The molecule has 1 heterocycles. The molecule has 2 heteroatoms. The molecule has 0 amide bonds. The molecule has 112 valence electrons. The summed E-state index contributed by atoms with van der Waals surface area (Å²) in [6, 6.07) is 10.6. The number of hydrogen-bond acceptors (Lipinski definition) is 1. The molecular weight excluding hydrogens is 256 g/mol. The second-order valence-electron chi connectivity index (χ2n) is 6.08. The second-order valence-corrected chi connectivity index (χ2v) is 6.08. The van der Waals surface area contributed by atoms with Gasteiger partial charge >= 0.3 is 0 Å². The van der Waals surface area contributed by atoms with E-state index in [9.17, 15) is 0 Å². The van der Waals surface area contributed by atoms with Gasteiger partial charge in [-0.1, -0.05) is 57.7 Å². The van der Waals surface area contributed by atoms with Crippen molar-refractivity contribution in [1.82, 2.24) is 4.98 Å². The largest absolute Gasteiger partial charge is 0.358 e. The smallest absolute Gasteiger partial charge is 0.0670 e. The highest BCUT2D eigenvalue weighted by Crippen LogP contribution is 2.24. The van der Waals surface area contributed by atoms with E-state index in [1.165, 1.54) is 48.7 Å². The molecule has 0 radical (unpaired) electrons. The van der Waals surface area contributed by atoms with Crippen molar-refractivity contribution in [3.63, 3.8) is 0 Å². The highest BCUT2D eigenvalue weighted by atomic mass is 14.7. The predicted molar refractivity (Wildman–Crippen MR) is 89.2 cm³/mol. The van der Waals surface area contributed by atoms with E-state index in [0.29, 0.717) is 6.42 Å². The maximum Gasteiger partial charge on any atom is 0.0670 e. The Balaban J connectivity index is 1.95. The average molecular weight is 282 g/mol. The van der Waals surface area contributed by atoms with Gasteiger partial charge in [-0.2, -0.15) is 5.26 Å². The number of aromatic amines is 1. The van der Waals surface area contributed by atoms with Crippen LogP contribution in [-0.4, -0.2) is 4.98 Å². The standard InChI is InChI=1S/C19H26N2/c1-3-15(2)9-5-4-6-11-19-17(13-14-20)16-10-7-8-12-18(16)21-19/h7-8,10,12,15,21H,3-6,9,11,13H2,1-2H3/t15-/m0/s1. The summed E-state index contributed by atoms with van der Waals surface area (Å²) in [4.78, 5) is 3.51. The third-order valence-corrected chi connectivity index (χ3v) is 4.48. The summed E-state index contributed by atoms with van der Waals surface area (Å²) in [5.74, 6) is 0.854. The van der Waals surface area contributed by atoms with E-state index in [0.717, 1.165) is 17.9 Å². The summed E-state index contributed by atoms with van der Waals surface area (Å²) >= 11 is 0. The predicted octanol–water partition coefficient (Wildman–Crippen LogP) is 5.38. The Morgan fingerprint density at radius 1 is 1.19 bits per heavy atom. The van der Waals surface area contributed by atoms with Gasteiger partial charge in [0.05, 0.1) is 12.5 Å². The van der Waals surface area contributed by atoms with Crippen molar-refractivity contribution in [2.24, 2.45) is 5.92 Å². The minimum Gasteiger partial charge on any atom is -0.358 e. The van der Waals surface area contributed by atoms with Gasteiger partial charge in [-0.05, 0) is 30.4 Å². The second kappa shape index (κ2) is 7.88. The molecule has 21 heavy (non-hydrogen) atoms. The van der Waals surface area contributed by atoms with E-state index in [1.54, 1.807) is 0 Å². The molecule has 1 N–H and O–H groups in total. The monoisotopic (exact) mass is 282 g/mol. The summed E-state index contributed by atoms with van der Waals surface area (Å²) in [7, 11) is 0. The molecule has 0 aliphatic rings. The number of rotatable bonds is 8. The van der Waals surface area contributed by atoms with Crippen LogP contribution in [0.1, 0.15) is 57.2 Å². The normalized spacial score (nSPS) is 12.4. The lowest BCUT2D eigenvalue weighted by Crippen LogP contribution is -1.94. The van der Waals surface area contributed by atoms with Crippen LogP contribution in [0.15, 0.2) is 24.3 Å². The molecule has 0 aliphatic carbocycles. The zero-order chi connectivity index (χ0) is 15.1. The maximum atomic E-state index is 9.06. The molecule has 2 rings (SSSR count). The van der Waals surface area contributed by atoms with Gasteiger partial charge in [0, 0.05) is 16.6 Å². The van der Waals surface area contributed by atoms with E-state index in [-0.39, 0.29) is 0 Å². The Morgan fingerprint density at radius 2 is 2.00 bits per heavy atom. The Bertz CT molecular complexity index is 604. The Labute approximate surface area is 128 Å². The minimum atomic E-state index is 0.506. The van der Waals surface area contributed by atoms with Crippen LogP contribution in [0.3, 0.4) is 0 Å². The van der Waals surface area contributed by atoms with Crippen LogP contribution in [-0.2, 0) is 12.8 Å². The third-order valence-electron chi connectivity index (χ3n) is 4.48. The number of H-pyrrole nitrogens is 1. The molecule has 0 saturated carbocycles.